The Morgan fingerprint density at radius 2 is 1.26 bits per heavy atom. The first-order valence-corrected chi connectivity index (χ1v) is 13.9. The Kier molecular flexibility index (Phi) is 9.12. The van der Waals surface area contributed by atoms with Gasteiger partial charge in [-0.15, -0.1) is 0 Å². The summed E-state index contributed by atoms with van der Waals surface area (Å²) in [6.07, 6.45) is 4.22. The third kappa shape index (κ3) is 5.93. The molecule has 0 aliphatic carbocycles. The fourth-order valence-corrected chi connectivity index (χ4v) is 5.77. The van der Waals surface area contributed by atoms with E-state index in [1.807, 2.05) is 58.0 Å². The number of fused-ring (bicyclic) bond motifs is 8. The van der Waals surface area contributed by atoms with Gasteiger partial charge in [0.1, 0.15) is 0 Å². The number of nitrogens with one attached hydrogen (secondary N) is 2. The van der Waals surface area contributed by atoms with E-state index in [4.69, 9.17) is 9.97 Å². The number of H-pyrrole nitrogens is 2. The third-order valence-electron chi connectivity index (χ3n) is 8.22. The Balaban J connectivity index is 0.00000423. The maximum atomic E-state index is 11.5. The standard InChI is InChI=1S/C34H34N4O4.As/c1-7-21-17(3)25-13-26-19(5)23(9-11-33(39)40)31(37-26)16-32-24(10-12-34(41)42)20(6)28(38-32)15-30-22(8-2)18(4)27(36-30)14-29(21)35-25;/h7-8,13-16,35,38H,1-2,9-12H2,3-6H3,(H,39,40)(H,41,42);. The number of carbonyl (C=O) groups is 2. The van der Waals surface area contributed by atoms with Gasteiger partial charge >= 0.3 is 11.9 Å². The first-order valence-electron chi connectivity index (χ1n) is 13.9. The summed E-state index contributed by atoms with van der Waals surface area (Å²) in [6, 6.07) is 7.88. The molecule has 3 radical (unpaired) electrons. The van der Waals surface area contributed by atoms with E-state index >= 15 is 0 Å². The minimum atomic E-state index is -0.883. The van der Waals surface area contributed by atoms with Crippen LogP contribution in [-0.4, -0.2) is 60.0 Å². The molecule has 5 heterocycles. The number of rotatable bonds is 8. The molecule has 2 aliphatic heterocycles. The Morgan fingerprint density at radius 1 is 0.721 bits per heavy atom. The number of carboxylic acids is 2. The molecular formula is C34H34AsN4O4. The van der Waals surface area contributed by atoms with Crippen LogP contribution in [0.4, 0.5) is 0 Å². The van der Waals surface area contributed by atoms with Crippen molar-refractivity contribution >= 4 is 80.3 Å². The topological polar surface area (TPSA) is 132 Å². The van der Waals surface area contributed by atoms with E-state index in [0.29, 0.717) is 18.5 Å². The molecule has 2 aliphatic rings. The van der Waals surface area contributed by atoms with Crippen molar-refractivity contribution in [3.8, 4) is 0 Å². The van der Waals surface area contributed by atoms with Gasteiger partial charge in [0.2, 0.25) is 0 Å². The van der Waals surface area contributed by atoms with E-state index < -0.39 is 11.9 Å². The SMILES string of the molecule is C=CC1=C(C)c2cc3[nH]c(cc4nc(cc5[nH]c(cc1n2)c(C)c5CCC(=O)O)C(CCC(=O)O)=C4C)c(C)c3C=C.[As]. The van der Waals surface area contributed by atoms with Gasteiger partial charge in [-0.05, 0) is 98.2 Å². The zero-order chi connectivity index (χ0) is 30.3. The van der Waals surface area contributed by atoms with Gasteiger partial charge < -0.3 is 20.2 Å². The minimum Gasteiger partial charge on any atom is -0.481 e. The van der Waals surface area contributed by atoms with Crippen LogP contribution in [-0.2, 0) is 16.0 Å². The van der Waals surface area contributed by atoms with Gasteiger partial charge in [0.05, 0.1) is 22.8 Å². The molecule has 0 unspecified atom stereocenters. The molecule has 3 aromatic heterocycles. The predicted octanol–water partition coefficient (Wildman–Crippen LogP) is 7.12. The number of allylic oxidation sites excluding steroid dienone is 5. The van der Waals surface area contributed by atoms with Gasteiger partial charge in [0.15, 0.2) is 0 Å². The van der Waals surface area contributed by atoms with E-state index in [0.717, 1.165) is 83.7 Å². The van der Waals surface area contributed by atoms with Crippen LogP contribution in [0.1, 0.15) is 78.1 Å². The van der Waals surface area contributed by atoms with Crippen molar-refractivity contribution < 1.29 is 19.8 Å². The number of hydrogen-bond acceptors (Lipinski definition) is 4. The van der Waals surface area contributed by atoms with E-state index in [9.17, 15) is 19.8 Å². The van der Waals surface area contributed by atoms with E-state index in [1.165, 1.54) is 0 Å². The van der Waals surface area contributed by atoms with Gasteiger partial charge in [-0.3, -0.25) is 9.59 Å². The van der Waals surface area contributed by atoms with Crippen LogP contribution in [0, 0.1) is 13.8 Å². The number of aromatic nitrogens is 4. The molecule has 0 spiro atoms. The number of aryl methyl sites for hydroxylation is 3. The number of aliphatic carboxylic acids is 2. The van der Waals surface area contributed by atoms with Crippen molar-refractivity contribution in [1.82, 2.24) is 19.9 Å². The molecule has 8 bridgehead atoms. The first-order chi connectivity index (χ1) is 20.0. The molecular weight excluding hydrogens is 603 g/mol. The molecule has 0 atom stereocenters. The molecule has 219 valence electrons. The number of aromatic amines is 2. The maximum Gasteiger partial charge on any atom is 0.303 e. The van der Waals surface area contributed by atoms with E-state index in [2.05, 4.69) is 23.1 Å². The number of carboxylic acid groups (broad SMARTS) is 2. The van der Waals surface area contributed by atoms with Crippen molar-refractivity contribution in [2.24, 2.45) is 0 Å². The Morgan fingerprint density at radius 3 is 1.91 bits per heavy atom. The summed E-state index contributed by atoms with van der Waals surface area (Å²) >= 11 is 0. The Bertz CT molecular complexity index is 1920. The van der Waals surface area contributed by atoms with Crippen LogP contribution in [0.3, 0.4) is 0 Å². The summed E-state index contributed by atoms with van der Waals surface area (Å²) < 4.78 is 0. The monoisotopic (exact) mass is 637 g/mol. The molecule has 9 heteroatoms. The molecule has 5 rings (SSSR count). The predicted molar refractivity (Wildman–Crippen MR) is 174 cm³/mol. The van der Waals surface area contributed by atoms with Crippen LogP contribution >= 0.6 is 0 Å². The third-order valence-corrected chi connectivity index (χ3v) is 8.22. The van der Waals surface area contributed by atoms with Gasteiger partial charge in [-0.2, -0.15) is 0 Å². The van der Waals surface area contributed by atoms with Gasteiger partial charge in [-0.1, -0.05) is 25.3 Å². The van der Waals surface area contributed by atoms with Crippen molar-refractivity contribution in [1.29, 1.82) is 0 Å². The summed E-state index contributed by atoms with van der Waals surface area (Å²) in [7, 11) is 0. The fourth-order valence-electron chi connectivity index (χ4n) is 5.77. The minimum absolute atomic E-state index is 0. The largest absolute Gasteiger partial charge is 0.481 e. The molecule has 0 fully saturated rings. The van der Waals surface area contributed by atoms with Crippen LogP contribution in [0.5, 0.6) is 0 Å². The second-order valence-electron chi connectivity index (χ2n) is 10.7. The summed E-state index contributed by atoms with van der Waals surface area (Å²) in [4.78, 5) is 40.0. The van der Waals surface area contributed by atoms with Crippen LogP contribution in [0.25, 0.3) is 50.4 Å². The van der Waals surface area contributed by atoms with Gasteiger partial charge in [-0.25, -0.2) is 9.97 Å². The van der Waals surface area contributed by atoms with Crippen LogP contribution < -0.4 is 0 Å². The van der Waals surface area contributed by atoms with Crippen molar-refractivity contribution in [2.75, 3.05) is 0 Å². The molecule has 0 saturated carbocycles. The van der Waals surface area contributed by atoms with Crippen LogP contribution in [0.15, 0.2) is 43.5 Å². The van der Waals surface area contributed by atoms with Gasteiger partial charge in [0, 0.05) is 64.0 Å². The number of nitrogens with zero attached hydrogens (tertiary/aromatic N) is 2. The molecule has 8 nitrogen and oxygen atoms in total. The Hall–Kier alpha value is -4.42. The molecule has 4 N–H and O–H groups in total. The quantitative estimate of drug-likeness (QED) is 0.195. The average Bonchev–Trinajstić information content (AvgIpc) is 3.59. The molecule has 3 aromatic rings. The number of hydrogen-bond donors (Lipinski definition) is 4. The van der Waals surface area contributed by atoms with E-state index in [1.54, 1.807) is 6.08 Å². The smallest absolute Gasteiger partial charge is 0.303 e. The van der Waals surface area contributed by atoms with Crippen molar-refractivity contribution in [3.63, 3.8) is 0 Å². The van der Waals surface area contributed by atoms with E-state index in [-0.39, 0.29) is 30.8 Å². The zero-order valence-corrected chi connectivity index (χ0v) is 26.6. The maximum absolute atomic E-state index is 11.5. The first kappa shape index (κ1) is 31.5. The van der Waals surface area contributed by atoms with Crippen molar-refractivity contribution in [3.05, 3.63) is 88.5 Å². The zero-order valence-electron chi connectivity index (χ0n) is 24.8. The summed E-state index contributed by atoms with van der Waals surface area (Å²) in [5.74, 6) is -1.76. The normalized spacial score (nSPS) is 12.7. The summed E-state index contributed by atoms with van der Waals surface area (Å²) in [6.45, 7) is 16.0. The fraction of sp³-hybridized carbons (Fsp3) is 0.235. The Labute approximate surface area is 261 Å². The molecule has 0 saturated heterocycles. The summed E-state index contributed by atoms with van der Waals surface area (Å²) in [5.41, 5.74) is 13.7. The molecule has 0 aromatic carbocycles. The second-order valence-corrected chi connectivity index (χ2v) is 10.7. The molecule has 43 heavy (non-hydrogen) atoms. The second kappa shape index (κ2) is 12.4. The average molecular weight is 638 g/mol. The molecule has 0 amide bonds. The summed E-state index contributed by atoms with van der Waals surface area (Å²) in [5, 5.41) is 18.9. The van der Waals surface area contributed by atoms with Crippen LogP contribution in [0.2, 0.25) is 0 Å². The van der Waals surface area contributed by atoms with Gasteiger partial charge in [0.25, 0.3) is 0 Å². The van der Waals surface area contributed by atoms with Crippen molar-refractivity contribution in [2.45, 2.75) is 53.4 Å².